The highest BCUT2D eigenvalue weighted by Gasteiger charge is 2.27. The van der Waals surface area contributed by atoms with Crippen molar-refractivity contribution in [3.05, 3.63) is 60.3 Å². The number of carbonyl (C=O) groups is 1. The number of aromatic nitrogens is 1. The first-order valence-electron chi connectivity index (χ1n) is 11.0. The average molecular weight is 438 g/mol. The molecule has 7 heteroatoms. The predicted molar refractivity (Wildman–Crippen MR) is 122 cm³/mol. The minimum atomic E-state index is -3.49. The highest BCUT2D eigenvalue weighted by molar-refractivity contribution is 7.89. The molecule has 0 saturated carbocycles. The van der Waals surface area contributed by atoms with Crippen LogP contribution in [-0.2, 0) is 27.8 Å². The molecule has 2 aliphatic rings. The van der Waals surface area contributed by atoms with Gasteiger partial charge in [-0.05, 0) is 55.2 Å². The first kappa shape index (κ1) is 20.3. The lowest BCUT2D eigenvalue weighted by molar-refractivity contribution is -0.119. The molecule has 0 radical (unpaired) electrons. The first-order chi connectivity index (χ1) is 15.0. The third-order valence-corrected chi connectivity index (χ3v) is 8.33. The number of sulfonamides is 1. The quantitative estimate of drug-likeness (QED) is 0.624. The number of carbonyl (C=O) groups excluding carboxylic acids is 1. The van der Waals surface area contributed by atoms with Crippen molar-refractivity contribution in [2.75, 3.05) is 24.5 Å². The van der Waals surface area contributed by atoms with Gasteiger partial charge >= 0.3 is 0 Å². The Morgan fingerprint density at radius 1 is 0.903 bits per heavy atom. The fraction of sp³-hybridized carbons (Fsp3) is 0.375. The van der Waals surface area contributed by atoms with Crippen molar-refractivity contribution in [1.82, 2.24) is 8.87 Å². The van der Waals surface area contributed by atoms with Gasteiger partial charge in [0.25, 0.3) is 0 Å². The van der Waals surface area contributed by atoms with Crippen molar-refractivity contribution < 1.29 is 13.2 Å². The lowest BCUT2D eigenvalue weighted by Crippen LogP contribution is -2.32. The van der Waals surface area contributed by atoms with Gasteiger partial charge in [-0.25, -0.2) is 8.42 Å². The van der Waals surface area contributed by atoms with Crippen LogP contribution in [-0.4, -0.2) is 42.8 Å². The molecule has 0 unspecified atom stereocenters. The van der Waals surface area contributed by atoms with Gasteiger partial charge in [0.05, 0.1) is 4.90 Å². The van der Waals surface area contributed by atoms with Crippen LogP contribution in [0.15, 0.2) is 59.6 Å². The molecule has 6 nitrogen and oxygen atoms in total. The molecule has 1 amide bonds. The molecule has 5 rings (SSSR count). The van der Waals surface area contributed by atoms with E-state index in [1.165, 1.54) is 5.56 Å². The Hall–Kier alpha value is -2.64. The largest absolute Gasteiger partial charge is 0.338 e. The number of amides is 1. The summed E-state index contributed by atoms with van der Waals surface area (Å²) in [6.07, 6.45) is 6.75. The molecule has 1 fully saturated rings. The number of hydrogen-bond acceptors (Lipinski definition) is 3. The lowest BCUT2D eigenvalue weighted by atomic mass is 10.2. The normalized spacial score (nSPS) is 17.6. The van der Waals surface area contributed by atoms with Gasteiger partial charge in [-0.3, -0.25) is 4.79 Å². The Labute approximate surface area is 183 Å². The third kappa shape index (κ3) is 3.77. The Kier molecular flexibility index (Phi) is 5.32. The molecule has 1 aromatic heterocycles. The molecule has 0 N–H and O–H groups in total. The standard InChI is InChI=1S/C24H27N3O3S/c28-24(27-16-12-19-7-3-4-8-23(19)27)18-25-15-11-20-17-21(9-10-22(20)25)31(29,30)26-13-5-1-2-6-14-26/h3-4,7-11,15,17H,1-2,5-6,12-14,16,18H2. The molecule has 0 spiro atoms. The van der Waals surface area contributed by atoms with Gasteiger partial charge in [-0.2, -0.15) is 4.31 Å². The third-order valence-electron chi connectivity index (χ3n) is 6.44. The summed E-state index contributed by atoms with van der Waals surface area (Å²) >= 11 is 0. The van der Waals surface area contributed by atoms with Crippen molar-refractivity contribution in [2.24, 2.45) is 0 Å². The number of benzene rings is 2. The van der Waals surface area contributed by atoms with Crippen LogP contribution in [0.1, 0.15) is 31.2 Å². The second-order valence-electron chi connectivity index (χ2n) is 8.41. The lowest BCUT2D eigenvalue weighted by Gasteiger charge is -2.20. The Morgan fingerprint density at radius 2 is 1.68 bits per heavy atom. The molecule has 31 heavy (non-hydrogen) atoms. The van der Waals surface area contributed by atoms with E-state index in [2.05, 4.69) is 6.07 Å². The molecule has 0 atom stereocenters. The summed E-state index contributed by atoms with van der Waals surface area (Å²) in [4.78, 5) is 15.2. The molecule has 0 bridgehead atoms. The summed E-state index contributed by atoms with van der Waals surface area (Å²) in [7, 11) is -3.49. The van der Waals surface area contributed by atoms with Crippen LogP contribution in [0, 0.1) is 0 Å². The van der Waals surface area contributed by atoms with Gasteiger partial charge in [0.15, 0.2) is 0 Å². The van der Waals surface area contributed by atoms with E-state index in [0.717, 1.165) is 48.7 Å². The van der Waals surface area contributed by atoms with Crippen LogP contribution >= 0.6 is 0 Å². The maximum absolute atomic E-state index is 13.1. The number of anilines is 1. The molecule has 2 aromatic carbocycles. The topological polar surface area (TPSA) is 62.6 Å². The number of fused-ring (bicyclic) bond motifs is 2. The summed E-state index contributed by atoms with van der Waals surface area (Å²) in [5.41, 5.74) is 3.07. The second-order valence-corrected chi connectivity index (χ2v) is 10.3. The van der Waals surface area contributed by atoms with Gasteiger partial charge in [-0.1, -0.05) is 31.0 Å². The van der Waals surface area contributed by atoms with Crippen LogP contribution in [0.4, 0.5) is 5.69 Å². The molecular formula is C24H27N3O3S. The zero-order chi connectivity index (χ0) is 21.4. The minimum absolute atomic E-state index is 0.0451. The number of para-hydroxylation sites is 1. The highest BCUT2D eigenvalue weighted by Crippen LogP contribution is 2.29. The van der Waals surface area contributed by atoms with Gasteiger partial charge in [0, 0.05) is 42.4 Å². The zero-order valence-electron chi connectivity index (χ0n) is 17.5. The molecule has 3 heterocycles. The van der Waals surface area contributed by atoms with Gasteiger partial charge < -0.3 is 9.47 Å². The smallest absolute Gasteiger partial charge is 0.246 e. The molecule has 1 saturated heterocycles. The molecule has 162 valence electrons. The minimum Gasteiger partial charge on any atom is -0.338 e. The van der Waals surface area contributed by atoms with E-state index in [4.69, 9.17) is 0 Å². The Bertz CT molecular complexity index is 1220. The predicted octanol–water partition coefficient (Wildman–Crippen LogP) is 3.80. The average Bonchev–Trinajstić information content (AvgIpc) is 3.27. The molecule has 2 aliphatic heterocycles. The fourth-order valence-corrected chi connectivity index (χ4v) is 6.29. The van der Waals surface area contributed by atoms with Crippen molar-refractivity contribution in [3.63, 3.8) is 0 Å². The van der Waals surface area contributed by atoms with Crippen molar-refractivity contribution in [1.29, 1.82) is 0 Å². The Morgan fingerprint density at radius 3 is 2.48 bits per heavy atom. The van der Waals surface area contributed by atoms with Crippen LogP contribution in [0.5, 0.6) is 0 Å². The van der Waals surface area contributed by atoms with E-state index in [-0.39, 0.29) is 12.5 Å². The summed E-state index contributed by atoms with van der Waals surface area (Å²) in [6.45, 7) is 2.12. The van der Waals surface area contributed by atoms with E-state index in [0.29, 0.717) is 24.5 Å². The van der Waals surface area contributed by atoms with E-state index in [9.17, 15) is 13.2 Å². The summed E-state index contributed by atoms with van der Waals surface area (Å²) < 4.78 is 29.8. The van der Waals surface area contributed by atoms with Gasteiger partial charge in [0.1, 0.15) is 6.54 Å². The van der Waals surface area contributed by atoms with E-state index >= 15 is 0 Å². The first-order valence-corrected chi connectivity index (χ1v) is 12.5. The van der Waals surface area contributed by atoms with Crippen molar-refractivity contribution in [2.45, 2.75) is 43.5 Å². The summed E-state index contributed by atoms with van der Waals surface area (Å²) in [5.74, 6) is 0.0451. The van der Waals surface area contributed by atoms with E-state index in [1.807, 2.05) is 46.0 Å². The van der Waals surface area contributed by atoms with Gasteiger partial charge in [-0.15, -0.1) is 0 Å². The van der Waals surface area contributed by atoms with Crippen molar-refractivity contribution >= 4 is 32.5 Å². The number of nitrogens with zero attached hydrogens (tertiary/aromatic N) is 3. The SMILES string of the molecule is O=C(Cn1ccc2cc(S(=O)(=O)N3CCCCCC3)ccc21)N1CCc2ccccc21. The van der Waals surface area contributed by atoms with Gasteiger partial charge in [0.2, 0.25) is 15.9 Å². The molecule has 3 aromatic rings. The van der Waals surface area contributed by atoms with Crippen LogP contribution < -0.4 is 4.90 Å². The van der Waals surface area contributed by atoms with Crippen LogP contribution in [0.25, 0.3) is 10.9 Å². The summed E-state index contributed by atoms with van der Waals surface area (Å²) in [5, 5.41) is 0.838. The molecular weight excluding hydrogens is 410 g/mol. The fourth-order valence-electron chi connectivity index (χ4n) is 4.74. The number of rotatable bonds is 4. The summed E-state index contributed by atoms with van der Waals surface area (Å²) in [6, 6.07) is 15.2. The van der Waals surface area contributed by atoms with E-state index < -0.39 is 10.0 Å². The monoisotopic (exact) mass is 437 g/mol. The van der Waals surface area contributed by atoms with Crippen LogP contribution in [0.2, 0.25) is 0 Å². The molecule has 0 aliphatic carbocycles. The zero-order valence-corrected chi connectivity index (χ0v) is 18.4. The second kappa shape index (κ2) is 8.13. The highest BCUT2D eigenvalue weighted by atomic mass is 32.2. The van der Waals surface area contributed by atoms with Crippen molar-refractivity contribution in [3.8, 4) is 0 Å². The Balaban J connectivity index is 1.38. The maximum Gasteiger partial charge on any atom is 0.246 e. The van der Waals surface area contributed by atoms with Crippen LogP contribution in [0.3, 0.4) is 0 Å². The van der Waals surface area contributed by atoms with E-state index in [1.54, 1.807) is 16.4 Å². The number of hydrogen-bond donors (Lipinski definition) is 0. The maximum atomic E-state index is 13.1.